The summed E-state index contributed by atoms with van der Waals surface area (Å²) in [5.74, 6) is 7.46. The number of alkyl halides is 1. The first kappa shape index (κ1) is 46.8. The van der Waals surface area contributed by atoms with Gasteiger partial charge < -0.3 is 28.0 Å². The Bertz CT molecular complexity index is 3260. The monoisotopic (exact) mass is 902 g/mol. The summed E-state index contributed by atoms with van der Waals surface area (Å²) < 4.78 is 33.7. The van der Waals surface area contributed by atoms with Crippen LogP contribution < -0.4 is 38.3 Å². The van der Waals surface area contributed by atoms with Gasteiger partial charge in [0.2, 0.25) is 17.1 Å². The number of aryl methyl sites for hydroxylation is 3. The average Bonchev–Trinajstić information content (AvgIpc) is 3.24. The van der Waals surface area contributed by atoms with Crippen LogP contribution >= 0.6 is 0 Å². The van der Waals surface area contributed by atoms with E-state index < -0.39 is 34.2 Å². The molecule has 7 aromatic rings. The van der Waals surface area contributed by atoms with Crippen LogP contribution in [-0.4, -0.2) is 36.5 Å². The highest BCUT2D eigenvalue weighted by molar-refractivity contribution is 5.77. The van der Waals surface area contributed by atoms with Crippen molar-refractivity contribution in [2.24, 2.45) is 11.8 Å². The molecule has 2 fully saturated rings. The molecule has 1 unspecified atom stereocenters. The average molecular weight is 903 g/mol. The fourth-order valence-corrected chi connectivity index (χ4v) is 7.82. The van der Waals surface area contributed by atoms with Gasteiger partial charge >= 0.3 is 22.9 Å². The molecule has 0 amide bonds. The van der Waals surface area contributed by atoms with Crippen molar-refractivity contribution in [3.05, 3.63) is 145 Å². The van der Waals surface area contributed by atoms with Crippen LogP contribution in [-0.2, 0) is 25.7 Å². The van der Waals surface area contributed by atoms with E-state index in [0.29, 0.717) is 53.9 Å². The zero-order valence-corrected chi connectivity index (χ0v) is 37.1. The minimum atomic E-state index is -1.42. The molecule has 344 valence electrons. The Morgan fingerprint density at radius 3 is 1.73 bits per heavy atom. The van der Waals surface area contributed by atoms with Crippen LogP contribution in [0.5, 0.6) is 6.01 Å². The zero-order valence-electron chi connectivity index (χ0n) is 37.1. The van der Waals surface area contributed by atoms with Crippen LogP contribution in [0.25, 0.3) is 33.3 Å². The molecule has 17 heteroatoms. The number of ether oxygens (including phenoxy) is 1. The lowest BCUT2D eigenvalue weighted by atomic mass is 9.81. The molecule has 0 bridgehead atoms. The molecule has 9 rings (SSSR count). The van der Waals surface area contributed by atoms with Gasteiger partial charge in [0, 0.05) is 31.0 Å². The van der Waals surface area contributed by atoms with Crippen molar-refractivity contribution in [2.45, 2.75) is 110 Å². The van der Waals surface area contributed by atoms with Crippen LogP contribution in [0.4, 0.5) is 4.39 Å². The Morgan fingerprint density at radius 2 is 1.20 bits per heavy atom. The second-order valence-electron chi connectivity index (χ2n) is 16.4. The van der Waals surface area contributed by atoms with Crippen molar-refractivity contribution in [1.29, 1.82) is 0 Å². The SMILES string of the molecule is CC(F)c1nc2oc(=O)cc(CCC3CCC3)c2c(=O)[nH]1.CCC#CCOc1nc2oc(=O)cc(Cc3ccccc3)c2c(=O)[nH]1.CCc1nc2oc(=O)cc(CCC3CCC3)c2c(=O)[nH]1. The summed E-state index contributed by atoms with van der Waals surface area (Å²) in [6.45, 7) is 5.17. The van der Waals surface area contributed by atoms with Crippen LogP contribution in [0.15, 0.2) is 90.5 Å². The number of aromatic amines is 3. The molecular formula is C49H51FN6O10. The van der Waals surface area contributed by atoms with Crippen molar-refractivity contribution >= 4 is 33.3 Å². The highest BCUT2D eigenvalue weighted by Gasteiger charge is 2.21. The van der Waals surface area contributed by atoms with Gasteiger partial charge in [-0.3, -0.25) is 19.4 Å². The Labute approximate surface area is 376 Å². The van der Waals surface area contributed by atoms with Crippen LogP contribution in [0.1, 0.15) is 119 Å². The molecule has 2 saturated carbocycles. The van der Waals surface area contributed by atoms with E-state index in [2.05, 4.69) is 41.7 Å². The Kier molecular flexibility index (Phi) is 15.3. The summed E-state index contributed by atoms with van der Waals surface area (Å²) in [5, 5.41) is 0.940. The van der Waals surface area contributed by atoms with E-state index in [1.54, 1.807) is 0 Å². The topological polar surface area (TPSA) is 237 Å². The third-order valence-corrected chi connectivity index (χ3v) is 11.8. The highest BCUT2D eigenvalue weighted by atomic mass is 19.1. The maximum atomic E-state index is 13.3. The van der Waals surface area contributed by atoms with Gasteiger partial charge in [0.05, 0.1) is 0 Å². The predicted molar refractivity (Wildman–Crippen MR) is 246 cm³/mol. The van der Waals surface area contributed by atoms with Gasteiger partial charge in [0.25, 0.3) is 16.7 Å². The van der Waals surface area contributed by atoms with E-state index in [4.69, 9.17) is 18.0 Å². The number of benzene rings is 1. The number of nitrogens with one attached hydrogen (secondary N) is 3. The van der Waals surface area contributed by atoms with Crippen LogP contribution in [0.2, 0.25) is 0 Å². The Morgan fingerprint density at radius 1 is 0.682 bits per heavy atom. The number of hydrogen-bond donors (Lipinski definition) is 3. The molecule has 6 heterocycles. The zero-order chi connectivity index (χ0) is 46.7. The third-order valence-electron chi connectivity index (χ3n) is 11.8. The fourth-order valence-electron chi connectivity index (χ4n) is 7.82. The lowest BCUT2D eigenvalue weighted by molar-refractivity contribution is 0.296. The standard InChI is InChI=1S/C19H16N2O4.C15H17FN2O3.C15H18N2O3/c1-2-3-7-10-24-19-20-17(23)16-14(11-13-8-5-4-6-9-13)12-15(22)25-18(16)21-19;1-8(16)13-17-14(20)12-10(6-5-9-3-2-4-9)7-11(19)21-15(12)18-13;1-2-11-16-14(19)13-10(7-6-9-4-3-5-9)8-12(18)20-15(13)17-11/h4-6,8-9,12H,2,10-11H2,1H3,(H,20,21,23);7-9H,2-6H2,1H3,(H,17,18,20);8-9H,2-7H2,1H3,(H,16,17,19). The van der Waals surface area contributed by atoms with Gasteiger partial charge in [-0.2, -0.15) is 15.0 Å². The molecule has 0 spiro atoms. The number of nitrogens with zero attached hydrogens (tertiary/aromatic N) is 3. The molecule has 2 aliphatic rings. The van der Waals surface area contributed by atoms with E-state index >= 15 is 0 Å². The van der Waals surface area contributed by atoms with Gasteiger partial charge in [-0.15, -0.1) is 5.92 Å². The minimum absolute atomic E-state index is 0.0251. The van der Waals surface area contributed by atoms with Crippen molar-refractivity contribution in [3.8, 4) is 17.9 Å². The van der Waals surface area contributed by atoms with E-state index in [1.165, 1.54) is 63.6 Å². The molecule has 6 aromatic heterocycles. The normalized spacial score (nSPS) is 13.9. The quantitative estimate of drug-likeness (QED) is 0.104. The highest BCUT2D eigenvalue weighted by Crippen LogP contribution is 2.32. The van der Waals surface area contributed by atoms with Crippen molar-refractivity contribution in [1.82, 2.24) is 29.9 Å². The summed E-state index contributed by atoms with van der Waals surface area (Å²) in [6.07, 6.45) is 11.1. The second kappa shape index (κ2) is 21.6. The fraction of sp³-hybridized carbons (Fsp3) is 0.408. The molecule has 0 saturated heterocycles. The van der Waals surface area contributed by atoms with Gasteiger partial charge in [0.15, 0.2) is 12.8 Å². The lowest BCUT2D eigenvalue weighted by Gasteiger charge is -2.25. The molecule has 16 nitrogen and oxygen atoms in total. The maximum absolute atomic E-state index is 13.3. The summed E-state index contributed by atoms with van der Waals surface area (Å²) in [4.78, 5) is 91.8. The minimum Gasteiger partial charge on any atom is -0.451 e. The van der Waals surface area contributed by atoms with Gasteiger partial charge in [-0.1, -0.05) is 88.6 Å². The van der Waals surface area contributed by atoms with E-state index in [9.17, 15) is 33.2 Å². The van der Waals surface area contributed by atoms with Crippen molar-refractivity contribution in [3.63, 3.8) is 0 Å². The number of hydrogen-bond acceptors (Lipinski definition) is 13. The van der Waals surface area contributed by atoms with Gasteiger partial charge in [0.1, 0.15) is 27.8 Å². The molecule has 3 N–H and O–H groups in total. The molecule has 66 heavy (non-hydrogen) atoms. The largest absolute Gasteiger partial charge is 0.451 e. The van der Waals surface area contributed by atoms with Crippen molar-refractivity contribution < 1.29 is 22.4 Å². The Balaban J connectivity index is 0.000000148. The van der Waals surface area contributed by atoms with E-state index in [0.717, 1.165) is 36.3 Å². The first-order valence-electron chi connectivity index (χ1n) is 22.3. The lowest BCUT2D eigenvalue weighted by Crippen LogP contribution is -2.18. The summed E-state index contributed by atoms with van der Waals surface area (Å²) in [7, 11) is 0. The predicted octanol–water partition coefficient (Wildman–Crippen LogP) is 7.07. The van der Waals surface area contributed by atoms with Crippen LogP contribution in [0, 0.1) is 23.7 Å². The number of halogens is 1. The number of rotatable bonds is 12. The van der Waals surface area contributed by atoms with E-state index in [1.807, 2.05) is 44.2 Å². The first-order valence-corrected chi connectivity index (χ1v) is 22.3. The third kappa shape index (κ3) is 11.7. The Hall–Kier alpha value is -7.22. The smallest absolute Gasteiger partial charge is 0.337 e. The summed E-state index contributed by atoms with van der Waals surface area (Å²) in [6, 6.07) is 13.6. The molecule has 0 aliphatic heterocycles. The number of H-pyrrole nitrogens is 3. The molecule has 1 aromatic carbocycles. The maximum Gasteiger partial charge on any atom is 0.337 e. The molecular weight excluding hydrogens is 852 g/mol. The first-order chi connectivity index (χ1) is 31.9. The second-order valence-corrected chi connectivity index (χ2v) is 16.4. The number of aromatic nitrogens is 6. The van der Waals surface area contributed by atoms with Crippen LogP contribution in [0.3, 0.4) is 0 Å². The molecule has 0 radical (unpaired) electrons. The summed E-state index contributed by atoms with van der Waals surface area (Å²) >= 11 is 0. The van der Waals surface area contributed by atoms with Gasteiger partial charge in [-0.25, -0.2) is 18.8 Å². The molecule has 1 atom stereocenters. The summed E-state index contributed by atoms with van der Waals surface area (Å²) in [5.41, 5.74) is 0.365. The van der Waals surface area contributed by atoms with Crippen molar-refractivity contribution in [2.75, 3.05) is 6.61 Å². The number of fused-ring (bicyclic) bond motifs is 3. The molecule has 2 aliphatic carbocycles. The van der Waals surface area contributed by atoms with Gasteiger partial charge in [-0.05, 0) is 73.1 Å². The van der Waals surface area contributed by atoms with E-state index in [-0.39, 0.29) is 51.9 Å².